The lowest BCUT2D eigenvalue weighted by molar-refractivity contribution is -0.401. The molecule has 3 heterocycles. The summed E-state index contributed by atoms with van der Waals surface area (Å²) in [6.07, 6.45) is 6.51. The molecule has 5 heteroatoms. The Kier molecular flexibility index (Phi) is 3.20. The molecule has 0 bridgehead atoms. The first-order chi connectivity index (χ1) is 8.69. The van der Waals surface area contributed by atoms with Gasteiger partial charge in [-0.1, -0.05) is 6.08 Å². The Bertz CT molecular complexity index is 344. The largest absolute Gasteiger partial charge is 0.371 e. The minimum absolute atomic E-state index is 0.121. The van der Waals surface area contributed by atoms with E-state index in [2.05, 4.69) is 0 Å². The molecule has 3 rings (SSSR count). The van der Waals surface area contributed by atoms with E-state index in [9.17, 15) is 5.11 Å². The van der Waals surface area contributed by atoms with Gasteiger partial charge in [-0.15, -0.1) is 0 Å². The number of rotatable bonds is 1. The Labute approximate surface area is 107 Å². The summed E-state index contributed by atoms with van der Waals surface area (Å²) in [5.74, 6) is -2.62. The van der Waals surface area contributed by atoms with Gasteiger partial charge in [0.05, 0.1) is 12.7 Å². The van der Waals surface area contributed by atoms with Crippen molar-refractivity contribution in [2.24, 2.45) is 0 Å². The molecule has 0 aromatic heterocycles. The molecule has 102 valence electrons. The van der Waals surface area contributed by atoms with Crippen molar-refractivity contribution in [1.82, 2.24) is 0 Å². The van der Waals surface area contributed by atoms with Crippen molar-refractivity contribution in [2.45, 2.75) is 49.5 Å². The summed E-state index contributed by atoms with van der Waals surface area (Å²) in [4.78, 5) is 0. The zero-order valence-corrected chi connectivity index (χ0v) is 10.6. The smallest absolute Gasteiger partial charge is 0.243 e. The van der Waals surface area contributed by atoms with Crippen LogP contribution < -0.4 is 0 Å². The molecule has 0 aromatic carbocycles. The molecule has 0 aromatic rings. The lowest BCUT2D eigenvalue weighted by Gasteiger charge is -2.47. The van der Waals surface area contributed by atoms with E-state index in [0.717, 1.165) is 25.9 Å². The van der Waals surface area contributed by atoms with Crippen LogP contribution in [0.3, 0.4) is 0 Å². The highest BCUT2D eigenvalue weighted by atomic mass is 16.8. The Hall–Kier alpha value is -0.460. The molecule has 0 radical (unpaired) electrons. The van der Waals surface area contributed by atoms with Crippen molar-refractivity contribution in [1.29, 1.82) is 0 Å². The van der Waals surface area contributed by atoms with Gasteiger partial charge in [-0.2, -0.15) is 0 Å². The molecule has 0 amide bonds. The number of aliphatic hydroxyl groups is 1. The van der Waals surface area contributed by atoms with Gasteiger partial charge >= 0.3 is 0 Å². The summed E-state index contributed by atoms with van der Waals surface area (Å²) in [6, 6.07) is 0. The van der Waals surface area contributed by atoms with Crippen LogP contribution in [0.25, 0.3) is 0 Å². The monoisotopic (exact) mass is 256 g/mol. The maximum atomic E-state index is 10.8. The van der Waals surface area contributed by atoms with Crippen molar-refractivity contribution in [2.75, 3.05) is 20.3 Å². The van der Waals surface area contributed by atoms with E-state index in [1.54, 1.807) is 6.08 Å². The van der Waals surface area contributed by atoms with Crippen LogP contribution in [-0.4, -0.2) is 49.2 Å². The molecule has 3 aliphatic rings. The number of methoxy groups -OCH3 is 1. The third-order valence-electron chi connectivity index (χ3n) is 3.99. The molecule has 1 N–H and O–H groups in total. The molecule has 5 nitrogen and oxygen atoms in total. The molecule has 3 aliphatic heterocycles. The Balaban J connectivity index is 1.94. The van der Waals surface area contributed by atoms with Crippen LogP contribution in [-0.2, 0) is 18.9 Å². The third-order valence-corrected chi connectivity index (χ3v) is 3.99. The molecule has 0 saturated carbocycles. The normalized spacial score (nSPS) is 48.1. The summed E-state index contributed by atoms with van der Waals surface area (Å²) in [5, 5.41) is 10.8. The zero-order valence-electron chi connectivity index (χ0n) is 10.6. The van der Waals surface area contributed by atoms with Gasteiger partial charge in [0.1, 0.15) is 6.10 Å². The fraction of sp³-hybridized carbons (Fsp3) is 0.846. The average molecular weight is 256 g/mol. The second-order valence-corrected chi connectivity index (χ2v) is 5.10. The topological polar surface area (TPSA) is 57.2 Å². The molecule has 2 fully saturated rings. The summed E-state index contributed by atoms with van der Waals surface area (Å²) in [6.45, 7) is 1.29. The SMILES string of the molecule is CO[C@]12C=C[C@H]3OCCC[C@@H]3O[C@]1(O)CCCO2. The van der Waals surface area contributed by atoms with Crippen molar-refractivity contribution in [3.8, 4) is 0 Å². The second kappa shape index (κ2) is 4.58. The van der Waals surface area contributed by atoms with Crippen molar-refractivity contribution in [3.05, 3.63) is 12.2 Å². The molecule has 18 heavy (non-hydrogen) atoms. The average Bonchev–Trinajstić information content (AvgIpc) is 2.52. The molecule has 0 unspecified atom stereocenters. The predicted octanol–water partition coefficient (Wildman–Crippen LogP) is 0.962. The lowest BCUT2D eigenvalue weighted by atomic mass is 9.97. The van der Waals surface area contributed by atoms with Crippen LogP contribution in [0.1, 0.15) is 25.7 Å². The first kappa shape index (κ1) is 12.6. The van der Waals surface area contributed by atoms with Gasteiger partial charge in [0.15, 0.2) is 0 Å². The predicted molar refractivity (Wildman–Crippen MR) is 62.9 cm³/mol. The van der Waals surface area contributed by atoms with E-state index in [1.807, 2.05) is 6.08 Å². The van der Waals surface area contributed by atoms with E-state index in [1.165, 1.54) is 7.11 Å². The first-order valence-electron chi connectivity index (χ1n) is 6.59. The van der Waals surface area contributed by atoms with E-state index in [-0.39, 0.29) is 12.2 Å². The van der Waals surface area contributed by atoms with Gasteiger partial charge in [0.2, 0.25) is 11.6 Å². The highest BCUT2D eigenvalue weighted by Gasteiger charge is 2.57. The van der Waals surface area contributed by atoms with Gasteiger partial charge in [0.25, 0.3) is 0 Å². The summed E-state index contributed by atoms with van der Waals surface area (Å²) in [7, 11) is 1.53. The summed E-state index contributed by atoms with van der Waals surface area (Å²) >= 11 is 0. The highest BCUT2D eigenvalue weighted by Crippen LogP contribution is 2.42. The van der Waals surface area contributed by atoms with Gasteiger partial charge in [-0.05, 0) is 25.3 Å². The van der Waals surface area contributed by atoms with E-state index in [4.69, 9.17) is 18.9 Å². The summed E-state index contributed by atoms with van der Waals surface area (Å²) in [5.41, 5.74) is 0. The summed E-state index contributed by atoms with van der Waals surface area (Å²) < 4.78 is 22.7. The molecule has 2 saturated heterocycles. The maximum Gasteiger partial charge on any atom is 0.243 e. The molecule has 0 spiro atoms. The van der Waals surface area contributed by atoms with Crippen LogP contribution in [0.4, 0.5) is 0 Å². The first-order valence-corrected chi connectivity index (χ1v) is 6.59. The Morgan fingerprint density at radius 2 is 2.22 bits per heavy atom. The number of hydrogen-bond acceptors (Lipinski definition) is 5. The number of fused-ring (bicyclic) bond motifs is 2. The van der Waals surface area contributed by atoms with Crippen LogP contribution in [0, 0.1) is 0 Å². The van der Waals surface area contributed by atoms with Crippen LogP contribution >= 0.6 is 0 Å². The lowest BCUT2D eigenvalue weighted by Crippen LogP contribution is -2.61. The minimum atomic E-state index is -1.42. The van der Waals surface area contributed by atoms with Gasteiger partial charge in [-0.25, -0.2) is 0 Å². The zero-order chi connectivity index (χ0) is 12.6. The van der Waals surface area contributed by atoms with E-state index < -0.39 is 11.6 Å². The maximum absolute atomic E-state index is 10.8. The van der Waals surface area contributed by atoms with E-state index >= 15 is 0 Å². The Morgan fingerprint density at radius 1 is 1.33 bits per heavy atom. The van der Waals surface area contributed by atoms with Gasteiger partial charge < -0.3 is 24.1 Å². The molecule has 4 atom stereocenters. The quantitative estimate of drug-likeness (QED) is 0.708. The molecular formula is C13H20O5. The van der Waals surface area contributed by atoms with Crippen molar-refractivity contribution < 1.29 is 24.1 Å². The van der Waals surface area contributed by atoms with Gasteiger partial charge in [0, 0.05) is 20.1 Å². The number of hydrogen-bond donors (Lipinski definition) is 1. The second-order valence-electron chi connectivity index (χ2n) is 5.10. The minimum Gasteiger partial charge on any atom is -0.371 e. The van der Waals surface area contributed by atoms with E-state index in [0.29, 0.717) is 13.0 Å². The van der Waals surface area contributed by atoms with Crippen LogP contribution in [0.15, 0.2) is 12.2 Å². The molecular weight excluding hydrogens is 236 g/mol. The molecule has 0 aliphatic carbocycles. The van der Waals surface area contributed by atoms with Crippen LogP contribution in [0.5, 0.6) is 0 Å². The van der Waals surface area contributed by atoms with Crippen molar-refractivity contribution >= 4 is 0 Å². The third kappa shape index (κ3) is 1.82. The van der Waals surface area contributed by atoms with Crippen LogP contribution in [0.2, 0.25) is 0 Å². The highest BCUT2D eigenvalue weighted by molar-refractivity contribution is 5.13. The standard InChI is InChI=1S/C13H20O5/c1-15-13-7-5-10-11(4-2-8-16-10)18-12(13,14)6-3-9-17-13/h5,7,10-11,14H,2-4,6,8-9H2,1H3/t10-,11+,12-,13+/m1/s1. The van der Waals surface area contributed by atoms with Crippen molar-refractivity contribution in [3.63, 3.8) is 0 Å². The van der Waals surface area contributed by atoms with Gasteiger partial charge in [-0.3, -0.25) is 0 Å². The number of ether oxygens (including phenoxy) is 4. The fourth-order valence-corrected chi connectivity index (χ4v) is 2.98. The fourth-order valence-electron chi connectivity index (χ4n) is 2.98. The Morgan fingerprint density at radius 3 is 3.06 bits per heavy atom.